The largest absolute Gasteiger partial charge is 0.466 e. The first-order valence-corrected chi connectivity index (χ1v) is 9.81. The van der Waals surface area contributed by atoms with E-state index < -0.39 is 11.1 Å². The van der Waals surface area contributed by atoms with Crippen molar-refractivity contribution in [2.75, 3.05) is 19.7 Å². The first kappa shape index (κ1) is 20.2. The van der Waals surface area contributed by atoms with E-state index in [1.54, 1.807) is 11.8 Å². The van der Waals surface area contributed by atoms with Gasteiger partial charge >= 0.3 is 12.1 Å². The number of aromatic nitrogens is 2. The summed E-state index contributed by atoms with van der Waals surface area (Å²) in [5.41, 5.74) is -0.0692. The Morgan fingerprint density at radius 1 is 1.18 bits per heavy atom. The number of rotatable bonds is 4. The number of amides is 1. The van der Waals surface area contributed by atoms with Crippen molar-refractivity contribution in [3.8, 4) is 0 Å². The normalized spacial score (nSPS) is 16.8. The highest BCUT2D eigenvalue weighted by molar-refractivity contribution is 5.79. The molecule has 28 heavy (non-hydrogen) atoms. The third-order valence-corrected chi connectivity index (χ3v) is 5.05. The summed E-state index contributed by atoms with van der Waals surface area (Å²) in [6.07, 6.45) is 2.95. The van der Waals surface area contributed by atoms with Gasteiger partial charge in [-0.1, -0.05) is 18.2 Å². The van der Waals surface area contributed by atoms with Crippen molar-refractivity contribution in [2.24, 2.45) is 0 Å². The van der Waals surface area contributed by atoms with E-state index in [2.05, 4.69) is 5.10 Å². The lowest BCUT2D eigenvalue weighted by Gasteiger charge is -2.42. The van der Waals surface area contributed by atoms with Crippen LogP contribution in [0.1, 0.15) is 47.0 Å². The second-order valence-electron chi connectivity index (χ2n) is 8.29. The molecular formula is C21H29N3O4. The van der Waals surface area contributed by atoms with Gasteiger partial charge in [0.05, 0.1) is 30.3 Å². The number of fused-ring (bicyclic) bond motifs is 1. The maximum Gasteiger partial charge on any atom is 0.410 e. The maximum absolute atomic E-state index is 12.4. The van der Waals surface area contributed by atoms with Gasteiger partial charge in [0.15, 0.2) is 0 Å². The third kappa shape index (κ3) is 4.29. The number of ether oxygens (including phenoxy) is 2. The fourth-order valence-electron chi connectivity index (χ4n) is 3.73. The van der Waals surface area contributed by atoms with E-state index in [1.165, 1.54) is 0 Å². The molecule has 1 saturated heterocycles. The SMILES string of the molecule is CCOC(=O)CC1(n2ncc3ccccc32)CCN(C(=O)OC(C)(C)C)CC1. The Labute approximate surface area is 165 Å². The van der Waals surface area contributed by atoms with Crippen LogP contribution in [0.4, 0.5) is 4.79 Å². The smallest absolute Gasteiger partial charge is 0.410 e. The number of para-hydroxylation sites is 1. The van der Waals surface area contributed by atoms with Gasteiger partial charge < -0.3 is 14.4 Å². The molecule has 0 aliphatic carbocycles. The zero-order chi connectivity index (χ0) is 20.4. The van der Waals surface area contributed by atoms with Gasteiger partial charge in [-0.15, -0.1) is 0 Å². The second kappa shape index (κ2) is 7.81. The zero-order valence-corrected chi connectivity index (χ0v) is 17.1. The lowest BCUT2D eigenvalue weighted by molar-refractivity contribution is -0.146. The number of benzene rings is 1. The molecule has 7 nitrogen and oxygen atoms in total. The van der Waals surface area contributed by atoms with E-state index in [0.29, 0.717) is 32.5 Å². The fourth-order valence-corrected chi connectivity index (χ4v) is 3.73. The Balaban J connectivity index is 1.86. The molecule has 2 aromatic rings. The van der Waals surface area contributed by atoms with Crippen molar-refractivity contribution in [3.63, 3.8) is 0 Å². The van der Waals surface area contributed by atoms with Crippen molar-refractivity contribution in [1.29, 1.82) is 0 Å². The van der Waals surface area contributed by atoms with Gasteiger partial charge in [0.1, 0.15) is 5.60 Å². The molecule has 0 unspecified atom stereocenters. The number of hydrogen-bond acceptors (Lipinski definition) is 5. The second-order valence-corrected chi connectivity index (χ2v) is 8.29. The molecule has 1 aromatic carbocycles. The molecule has 152 valence electrons. The average molecular weight is 387 g/mol. The molecule has 1 aliphatic rings. The summed E-state index contributed by atoms with van der Waals surface area (Å²) in [4.78, 5) is 26.5. The summed E-state index contributed by atoms with van der Waals surface area (Å²) >= 11 is 0. The summed E-state index contributed by atoms with van der Waals surface area (Å²) in [5.74, 6) is -0.243. The maximum atomic E-state index is 12.4. The van der Waals surface area contributed by atoms with Crippen LogP contribution in [0.5, 0.6) is 0 Å². The summed E-state index contributed by atoms with van der Waals surface area (Å²) in [6, 6.07) is 7.95. The minimum absolute atomic E-state index is 0.231. The van der Waals surface area contributed by atoms with E-state index in [4.69, 9.17) is 9.47 Å². The van der Waals surface area contributed by atoms with E-state index >= 15 is 0 Å². The lowest BCUT2D eigenvalue weighted by atomic mass is 9.84. The first-order valence-electron chi connectivity index (χ1n) is 9.81. The highest BCUT2D eigenvalue weighted by Crippen LogP contribution is 2.36. The Bertz CT molecular complexity index is 845. The molecule has 0 spiro atoms. The zero-order valence-electron chi connectivity index (χ0n) is 17.1. The Morgan fingerprint density at radius 2 is 1.86 bits per heavy atom. The van der Waals surface area contributed by atoms with Crippen molar-refractivity contribution in [3.05, 3.63) is 30.5 Å². The predicted octanol–water partition coefficient (Wildman–Crippen LogP) is 3.72. The quantitative estimate of drug-likeness (QED) is 0.748. The van der Waals surface area contributed by atoms with Crippen LogP contribution in [0.15, 0.2) is 30.5 Å². The van der Waals surface area contributed by atoms with Gasteiger partial charge in [0.25, 0.3) is 0 Å². The van der Waals surface area contributed by atoms with Gasteiger partial charge in [0.2, 0.25) is 0 Å². The fraction of sp³-hybridized carbons (Fsp3) is 0.571. The molecule has 7 heteroatoms. The van der Waals surface area contributed by atoms with Crippen molar-refractivity contribution < 1.29 is 19.1 Å². The Morgan fingerprint density at radius 3 is 2.50 bits per heavy atom. The van der Waals surface area contributed by atoms with Gasteiger partial charge in [-0.05, 0) is 46.6 Å². The van der Waals surface area contributed by atoms with Crippen LogP contribution in [-0.2, 0) is 19.8 Å². The van der Waals surface area contributed by atoms with E-state index in [0.717, 1.165) is 10.9 Å². The van der Waals surface area contributed by atoms with Gasteiger partial charge in [-0.2, -0.15) is 5.10 Å². The molecule has 0 radical (unpaired) electrons. The molecule has 0 atom stereocenters. The molecule has 1 aliphatic heterocycles. The van der Waals surface area contributed by atoms with Crippen LogP contribution in [0.25, 0.3) is 10.9 Å². The van der Waals surface area contributed by atoms with Crippen molar-refractivity contribution in [2.45, 2.75) is 58.1 Å². The molecule has 2 heterocycles. The van der Waals surface area contributed by atoms with Crippen molar-refractivity contribution in [1.82, 2.24) is 14.7 Å². The third-order valence-electron chi connectivity index (χ3n) is 5.05. The van der Waals surface area contributed by atoms with Crippen LogP contribution in [0.3, 0.4) is 0 Å². The summed E-state index contributed by atoms with van der Waals surface area (Å²) in [5, 5.41) is 5.64. The van der Waals surface area contributed by atoms with Crippen LogP contribution < -0.4 is 0 Å². The number of carbonyl (C=O) groups is 2. The van der Waals surface area contributed by atoms with Crippen molar-refractivity contribution >= 4 is 23.0 Å². The molecule has 0 saturated carbocycles. The van der Waals surface area contributed by atoms with E-state index in [-0.39, 0.29) is 18.5 Å². The number of carbonyl (C=O) groups excluding carboxylic acids is 2. The number of likely N-dealkylation sites (tertiary alicyclic amines) is 1. The molecule has 0 N–H and O–H groups in total. The van der Waals surface area contributed by atoms with Crippen LogP contribution in [0, 0.1) is 0 Å². The highest BCUT2D eigenvalue weighted by Gasteiger charge is 2.42. The number of piperidine rings is 1. The predicted molar refractivity (Wildman–Crippen MR) is 106 cm³/mol. The van der Waals surface area contributed by atoms with E-state index in [9.17, 15) is 9.59 Å². The number of esters is 1. The summed E-state index contributed by atoms with van der Waals surface area (Å²) in [7, 11) is 0. The molecular weight excluding hydrogens is 358 g/mol. The summed E-state index contributed by atoms with van der Waals surface area (Å²) in [6.45, 7) is 8.73. The molecule has 1 amide bonds. The standard InChI is InChI=1S/C21H29N3O4/c1-5-27-18(25)14-21(24-17-9-7-6-8-16(17)15-22-24)10-12-23(13-11-21)19(26)28-20(2,3)4/h6-9,15H,5,10-14H2,1-4H3. The Kier molecular flexibility index (Phi) is 5.63. The van der Waals surface area contributed by atoms with Gasteiger partial charge in [-0.25, -0.2) is 4.79 Å². The number of hydrogen-bond donors (Lipinski definition) is 0. The van der Waals surface area contributed by atoms with Crippen LogP contribution in [-0.4, -0.2) is 52.0 Å². The van der Waals surface area contributed by atoms with Crippen LogP contribution in [0.2, 0.25) is 0 Å². The van der Waals surface area contributed by atoms with Gasteiger partial charge in [-0.3, -0.25) is 9.48 Å². The minimum atomic E-state index is -0.533. The minimum Gasteiger partial charge on any atom is -0.466 e. The van der Waals surface area contributed by atoms with Crippen LogP contribution >= 0.6 is 0 Å². The van der Waals surface area contributed by atoms with Gasteiger partial charge in [0, 0.05) is 18.5 Å². The summed E-state index contributed by atoms with van der Waals surface area (Å²) < 4.78 is 12.7. The molecule has 0 bridgehead atoms. The average Bonchev–Trinajstić information content (AvgIpc) is 3.05. The lowest BCUT2D eigenvalue weighted by Crippen LogP contribution is -2.50. The molecule has 1 aromatic heterocycles. The molecule has 1 fully saturated rings. The monoisotopic (exact) mass is 387 g/mol. The highest BCUT2D eigenvalue weighted by atomic mass is 16.6. The Hall–Kier alpha value is -2.57. The first-order chi connectivity index (χ1) is 13.2. The topological polar surface area (TPSA) is 73.7 Å². The van der Waals surface area contributed by atoms with E-state index in [1.807, 2.05) is 55.9 Å². The number of nitrogens with zero attached hydrogens (tertiary/aromatic N) is 3. The molecule has 3 rings (SSSR count).